The molecule has 15 rings (SSSR count). The number of allylic oxidation sites excluding steroid dienone is 4. The number of nitrogens with zero attached hydrogens (tertiary/aromatic N) is 2. The number of benzene rings is 9. The fourth-order valence-corrected chi connectivity index (χ4v) is 14.3. The molecule has 6 aliphatic carbocycles. The van der Waals surface area contributed by atoms with Crippen LogP contribution in [0.25, 0.3) is 55.6 Å². The molecule has 0 heterocycles. The summed E-state index contributed by atoms with van der Waals surface area (Å²) in [6.07, 6.45) is 7.70. The van der Waals surface area contributed by atoms with Crippen molar-refractivity contribution in [3.05, 3.63) is 263 Å². The number of anilines is 4. The molecular formula is C78H78N2. The van der Waals surface area contributed by atoms with Crippen molar-refractivity contribution in [2.75, 3.05) is 23.9 Å². The predicted molar refractivity (Wildman–Crippen MR) is 343 cm³/mol. The van der Waals surface area contributed by atoms with Crippen LogP contribution in [0.15, 0.2) is 230 Å². The van der Waals surface area contributed by atoms with Crippen LogP contribution in [0.2, 0.25) is 0 Å². The van der Waals surface area contributed by atoms with Gasteiger partial charge in [-0.25, -0.2) is 0 Å². The van der Waals surface area contributed by atoms with E-state index in [2.05, 4.69) is 298 Å². The van der Waals surface area contributed by atoms with Crippen molar-refractivity contribution in [1.29, 1.82) is 0 Å². The Bertz CT molecular complexity index is 3710. The summed E-state index contributed by atoms with van der Waals surface area (Å²) in [4.78, 5) is 4.54. The molecule has 2 heteroatoms. The highest BCUT2D eigenvalue weighted by atomic mass is 15.1. The van der Waals surface area contributed by atoms with E-state index in [-0.39, 0.29) is 0 Å². The van der Waals surface area contributed by atoms with Crippen molar-refractivity contribution in [3.8, 4) is 55.6 Å². The van der Waals surface area contributed by atoms with Gasteiger partial charge in [0.2, 0.25) is 0 Å². The van der Waals surface area contributed by atoms with Gasteiger partial charge in [0.25, 0.3) is 0 Å². The highest BCUT2D eigenvalue weighted by Crippen LogP contribution is 2.60. The van der Waals surface area contributed by atoms with Gasteiger partial charge in [0, 0.05) is 60.5 Å². The summed E-state index contributed by atoms with van der Waals surface area (Å²) in [6, 6.07) is 76.3. The van der Waals surface area contributed by atoms with Gasteiger partial charge in [-0.15, -0.1) is 0 Å². The molecule has 6 aliphatic rings. The number of hydrogen-bond donors (Lipinski definition) is 0. The van der Waals surface area contributed by atoms with Gasteiger partial charge in [-0.05, 0) is 191 Å². The Kier molecular flexibility index (Phi) is 14.5. The molecule has 0 amide bonds. The minimum Gasteiger partial charge on any atom is -0.345 e. The minimum absolute atomic E-state index is 0.475. The maximum Gasteiger partial charge on any atom is 0.0408 e. The van der Waals surface area contributed by atoms with Crippen LogP contribution in [0.4, 0.5) is 22.7 Å². The summed E-state index contributed by atoms with van der Waals surface area (Å²) in [5, 5.41) is 0. The van der Waals surface area contributed by atoms with Crippen molar-refractivity contribution in [1.82, 2.24) is 0 Å². The summed E-state index contributed by atoms with van der Waals surface area (Å²) in [7, 11) is 4.31. The fraction of sp³-hybridized carbons (Fsp3) is 0.256. The van der Waals surface area contributed by atoms with Gasteiger partial charge in [0.15, 0.2) is 0 Å². The van der Waals surface area contributed by atoms with E-state index >= 15 is 0 Å². The lowest BCUT2D eigenvalue weighted by molar-refractivity contribution is 0.281. The largest absolute Gasteiger partial charge is 0.345 e. The summed E-state index contributed by atoms with van der Waals surface area (Å²) in [6.45, 7) is 18.6. The summed E-state index contributed by atoms with van der Waals surface area (Å²) < 4.78 is 0. The second kappa shape index (κ2) is 21.9. The van der Waals surface area contributed by atoms with Crippen LogP contribution in [0.5, 0.6) is 0 Å². The molecule has 0 spiro atoms. The first kappa shape index (κ1) is 52.7. The molecule has 6 atom stereocenters. The van der Waals surface area contributed by atoms with Crippen LogP contribution in [-0.2, 0) is 0 Å². The van der Waals surface area contributed by atoms with E-state index < -0.39 is 0 Å². The van der Waals surface area contributed by atoms with Gasteiger partial charge in [-0.1, -0.05) is 220 Å². The maximum absolute atomic E-state index is 2.60. The zero-order valence-electron chi connectivity index (χ0n) is 48.7. The van der Waals surface area contributed by atoms with Gasteiger partial charge in [0.1, 0.15) is 0 Å². The molecule has 9 aromatic rings. The standard InChI is InChI=1S/C42H41N.C36H37N/c1-27(2)38-26-39-29(4)25-40(38)42-36(32-9-7-6-8-10-32)23-24-37(41(39)42)33-17-21-35(22-18-33)43(5)34-19-15-31(16-20-34)30-13-11-28(3)12-14-30;1-23(2)32-22-33-25(4)21-34(32)36-30(26-9-7-6-8-10-26)19-20-31(35(33)36)27-13-17-29(18-14-27)37(5)28-15-11-24(3)12-16-28/h6-25,27,38-40H,26H2,1-5H3;6-21,23,32-34H,22H2,1-5H3. The van der Waals surface area contributed by atoms with Crippen LogP contribution in [0.3, 0.4) is 0 Å². The lowest BCUT2D eigenvalue weighted by Crippen LogP contribution is -2.32. The topological polar surface area (TPSA) is 6.48 Å². The van der Waals surface area contributed by atoms with E-state index in [9.17, 15) is 0 Å². The third kappa shape index (κ3) is 9.86. The van der Waals surface area contributed by atoms with Gasteiger partial charge >= 0.3 is 0 Å². The number of aryl methyl sites for hydroxylation is 2. The van der Waals surface area contributed by atoms with Crippen LogP contribution >= 0.6 is 0 Å². The van der Waals surface area contributed by atoms with Gasteiger partial charge < -0.3 is 9.80 Å². The highest BCUT2D eigenvalue weighted by molar-refractivity contribution is 5.84. The van der Waals surface area contributed by atoms with Gasteiger partial charge in [-0.2, -0.15) is 0 Å². The van der Waals surface area contributed by atoms with E-state index in [1.54, 1.807) is 33.4 Å². The predicted octanol–water partition coefficient (Wildman–Crippen LogP) is 21.5. The molecule has 400 valence electrons. The molecule has 0 radical (unpaired) electrons. The Hall–Kier alpha value is -7.94. The third-order valence-electron chi connectivity index (χ3n) is 18.9. The minimum atomic E-state index is 0.475. The summed E-state index contributed by atoms with van der Waals surface area (Å²) in [5.74, 6) is 4.68. The van der Waals surface area contributed by atoms with E-state index in [1.807, 2.05) is 0 Å². The molecule has 0 fully saturated rings. The molecule has 9 aromatic carbocycles. The third-order valence-corrected chi connectivity index (χ3v) is 18.9. The average molecular weight is 1040 g/mol. The SMILES string of the molecule is CC1=CC2c3c(-c4ccccc4)ccc(-c4ccc(N(C)c5ccc(-c6ccc(C)cc6)cc5)cc4)c3C1CC2C(C)C.CC1=CC2c3c(-c4ccccc4)ccc(-c4ccc(N(C)c5ccc(C)cc5)cc4)c3C1CC2C(C)C. The number of fused-ring (bicyclic) bond motifs is 2. The van der Waals surface area contributed by atoms with Crippen LogP contribution in [-0.4, -0.2) is 14.1 Å². The molecule has 4 bridgehead atoms. The summed E-state index contributed by atoms with van der Waals surface area (Å²) in [5.41, 5.74) is 30.2. The Balaban J connectivity index is 0.000000161. The summed E-state index contributed by atoms with van der Waals surface area (Å²) >= 11 is 0. The Morgan fingerprint density at radius 1 is 0.312 bits per heavy atom. The molecule has 80 heavy (non-hydrogen) atoms. The quantitative estimate of drug-likeness (QED) is 0.119. The molecule has 0 N–H and O–H groups in total. The van der Waals surface area contributed by atoms with Gasteiger partial charge in [-0.3, -0.25) is 0 Å². The van der Waals surface area contributed by atoms with Crippen molar-refractivity contribution in [2.24, 2.45) is 23.7 Å². The second-order valence-corrected chi connectivity index (χ2v) is 24.4. The fourth-order valence-electron chi connectivity index (χ4n) is 14.3. The molecule has 0 saturated heterocycles. The van der Waals surface area contributed by atoms with Crippen LogP contribution in [0.1, 0.15) is 111 Å². The molecule has 0 aromatic heterocycles. The van der Waals surface area contributed by atoms with Crippen LogP contribution in [0, 0.1) is 37.5 Å². The number of rotatable bonds is 11. The molecule has 0 aliphatic heterocycles. The first-order valence-corrected chi connectivity index (χ1v) is 29.5. The van der Waals surface area contributed by atoms with E-state index in [1.165, 1.54) is 102 Å². The normalized spacial score (nSPS) is 19.4. The Morgan fingerprint density at radius 2 is 0.588 bits per heavy atom. The molecular weight excluding hydrogens is 965 g/mol. The Morgan fingerprint density at radius 3 is 0.925 bits per heavy atom. The lowest BCUT2D eigenvalue weighted by Gasteiger charge is -2.46. The average Bonchev–Trinajstić information content (AvgIpc) is 3.63. The first-order chi connectivity index (χ1) is 38.8. The highest BCUT2D eigenvalue weighted by Gasteiger charge is 2.44. The molecule has 2 nitrogen and oxygen atoms in total. The van der Waals surface area contributed by atoms with Crippen molar-refractivity contribution >= 4 is 22.7 Å². The van der Waals surface area contributed by atoms with Crippen molar-refractivity contribution in [2.45, 2.75) is 91.9 Å². The Labute approximate surface area is 478 Å². The first-order valence-electron chi connectivity index (χ1n) is 29.5. The lowest BCUT2D eigenvalue weighted by atomic mass is 9.58. The molecule has 6 unspecified atom stereocenters. The van der Waals surface area contributed by atoms with Crippen LogP contribution < -0.4 is 9.80 Å². The number of hydrogen-bond acceptors (Lipinski definition) is 2. The van der Waals surface area contributed by atoms with E-state index in [0.29, 0.717) is 47.3 Å². The van der Waals surface area contributed by atoms with E-state index in [4.69, 9.17) is 0 Å². The van der Waals surface area contributed by atoms with E-state index in [0.717, 1.165) is 0 Å². The maximum atomic E-state index is 2.60. The van der Waals surface area contributed by atoms with Crippen molar-refractivity contribution in [3.63, 3.8) is 0 Å². The zero-order valence-corrected chi connectivity index (χ0v) is 48.7. The monoisotopic (exact) mass is 1040 g/mol. The van der Waals surface area contributed by atoms with Crippen molar-refractivity contribution < 1.29 is 0 Å². The second-order valence-electron chi connectivity index (χ2n) is 24.4. The zero-order chi connectivity index (χ0) is 55.3. The molecule has 0 saturated carbocycles. The smallest absolute Gasteiger partial charge is 0.0408 e. The van der Waals surface area contributed by atoms with Gasteiger partial charge in [0.05, 0.1) is 0 Å².